The summed E-state index contributed by atoms with van der Waals surface area (Å²) in [6.07, 6.45) is 8.12. The van der Waals surface area contributed by atoms with Crippen LogP contribution in [0.5, 0.6) is 6.01 Å². The number of carbonyl (C=O) groups is 1. The number of anilines is 2. The standard InChI is InChI=1S/C41H43F4N7O3/c1-6-25-27(42)10-9-23-18-24(46)19-26(29(23)25)32-31(43)33-30-28(47-32)17-22(2)34-41(45)14-13-40(44,52(41)37(53)55-38(3,4)5)20-51(34)35(30)49-36(48-33)54-21-39-11-7-15-50(39)16-8-12-39/h1,9-10,18-19,22,34H,7-8,11-17,20-21,46H2,2-5H3/t22-,34-,40+,41-/m0/s1. The first-order chi connectivity index (χ1) is 26.1. The molecule has 0 aliphatic carbocycles. The summed E-state index contributed by atoms with van der Waals surface area (Å²) < 4.78 is 79.8. The molecule has 14 heteroatoms. The number of terminal acetylenes is 1. The Hall–Kier alpha value is -4.90. The predicted octanol–water partition coefficient (Wildman–Crippen LogP) is 7.44. The molecule has 2 N–H and O–H groups in total. The Morgan fingerprint density at radius 2 is 1.80 bits per heavy atom. The van der Waals surface area contributed by atoms with Crippen LogP contribution < -0.4 is 15.4 Å². The van der Waals surface area contributed by atoms with Crippen LogP contribution >= 0.6 is 0 Å². The van der Waals surface area contributed by atoms with Gasteiger partial charge in [-0.1, -0.05) is 18.9 Å². The van der Waals surface area contributed by atoms with E-state index in [0.717, 1.165) is 38.8 Å². The average molecular weight is 758 g/mol. The first-order valence-electron chi connectivity index (χ1n) is 19.0. The highest BCUT2D eigenvalue weighted by molar-refractivity contribution is 6.04. The van der Waals surface area contributed by atoms with Gasteiger partial charge in [0.2, 0.25) is 11.6 Å². The fourth-order valence-electron chi connectivity index (χ4n) is 10.2. The van der Waals surface area contributed by atoms with Crippen molar-refractivity contribution in [3.05, 3.63) is 47.2 Å². The number of nitrogen functional groups attached to an aromatic ring is 1. The number of halogens is 4. The molecule has 0 radical (unpaired) electrons. The monoisotopic (exact) mass is 757 g/mol. The highest BCUT2D eigenvalue weighted by atomic mass is 19.2. The summed E-state index contributed by atoms with van der Waals surface area (Å²) in [7, 11) is 0. The molecule has 55 heavy (non-hydrogen) atoms. The molecule has 288 valence electrons. The maximum atomic E-state index is 17.9. The Kier molecular flexibility index (Phi) is 7.84. The van der Waals surface area contributed by atoms with Crippen molar-refractivity contribution < 1.29 is 31.8 Å². The van der Waals surface area contributed by atoms with E-state index in [-0.39, 0.29) is 82.0 Å². The summed E-state index contributed by atoms with van der Waals surface area (Å²) in [6.45, 7) is 8.41. The third-order valence-corrected chi connectivity index (χ3v) is 12.3. The number of rotatable bonds is 4. The van der Waals surface area contributed by atoms with Gasteiger partial charge in [0.1, 0.15) is 35.1 Å². The molecule has 1 amide bonds. The number of nitrogens with zero attached hydrogens (tertiary/aromatic N) is 6. The Balaban J connectivity index is 1.26. The van der Waals surface area contributed by atoms with E-state index < -0.39 is 53.4 Å². The fourth-order valence-corrected chi connectivity index (χ4v) is 10.2. The lowest BCUT2D eigenvalue weighted by atomic mass is 9.86. The molecule has 10 nitrogen and oxygen atoms in total. The van der Waals surface area contributed by atoms with E-state index in [0.29, 0.717) is 16.0 Å². The minimum Gasteiger partial charge on any atom is -0.461 e. The van der Waals surface area contributed by atoms with Gasteiger partial charge < -0.3 is 20.1 Å². The molecule has 2 aromatic heterocycles. The lowest BCUT2D eigenvalue weighted by molar-refractivity contribution is -0.139. The van der Waals surface area contributed by atoms with Crippen LogP contribution in [0.1, 0.15) is 77.5 Å². The number of pyridine rings is 1. The van der Waals surface area contributed by atoms with Crippen LogP contribution in [0.25, 0.3) is 32.9 Å². The number of nitrogens with two attached hydrogens (primary N) is 1. The molecule has 4 fully saturated rings. The van der Waals surface area contributed by atoms with Crippen LogP contribution in [0.3, 0.4) is 0 Å². The number of piperazine rings is 1. The van der Waals surface area contributed by atoms with E-state index in [1.165, 1.54) is 23.1 Å². The molecule has 7 heterocycles. The van der Waals surface area contributed by atoms with Gasteiger partial charge in [0, 0.05) is 29.5 Å². The molecule has 4 atom stereocenters. The number of ether oxygens (including phenoxy) is 2. The zero-order chi connectivity index (χ0) is 38.8. The van der Waals surface area contributed by atoms with Crippen LogP contribution in [-0.4, -0.2) is 85.9 Å². The Labute approximate surface area is 316 Å². The molecule has 5 aliphatic heterocycles. The topological polar surface area (TPSA) is 110 Å². The fraction of sp³-hybridized carbons (Fsp3) is 0.512. The molecule has 0 unspecified atom stereocenters. The van der Waals surface area contributed by atoms with Gasteiger partial charge in [-0.05, 0) is 95.5 Å². The third-order valence-electron chi connectivity index (χ3n) is 12.3. The molecule has 9 rings (SSSR count). The van der Waals surface area contributed by atoms with Crippen LogP contribution in [-0.2, 0) is 11.2 Å². The van der Waals surface area contributed by atoms with E-state index in [1.54, 1.807) is 33.8 Å². The van der Waals surface area contributed by atoms with Crippen LogP contribution in [0.4, 0.5) is 33.9 Å². The molecule has 5 aliphatic rings. The van der Waals surface area contributed by atoms with Gasteiger partial charge in [-0.25, -0.2) is 32.2 Å². The normalized spacial score (nSPS) is 26.9. The van der Waals surface area contributed by atoms with Crippen molar-refractivity contribution in [3.8, 4) is 29.6 Å². The van der Waals surface area contributed by atoms with Gasteiger partial charge in [0.05, 0.1) is 34.8 Å². The summed E-state index contributed by atoms with van der Waals surface area (Å²) in [5.41, 5.74) is 5.40. The second-order valence-corrected chi connectivity index (χ2v) is 17.0. The second-order valence-electron chi connectivity index (χ2n) is 17.0. The number of hydrogen-bond donors (Lipinski definition) is 1. The van der Waals surface area contributed by atoms with E-state index >= 15 is 17.6 Å². The van der Waals surface area contributed by atoms with Crippen molar-refractivity contribution in [2.24, 2.45) is 5.92 Å². The van der Waals surface area contributed by atoms with Crippen molar-refractivity contribution >= 4 is 39.3 Å². The molecule has 4 saturated heterocycles. The zero-order valence-electron chi connectivity index (χ0n) is 31.3. The summed E-state index contributed by atoms with van der Waals surface area (Å²) in [5, 5.41) is 0.907. The molecular weight excluding hydrogens is 714 g/mol. The van der Waals surface area contributed by atoms with Crippen LogP contribution in [0, 0.1) is 29.9 Å². The lowest BCUT2D eigenvalue weighted by Crippen LogP contribution is -2.72. The Morgan fingerprint density at radius 1 is 1.05 bits per heavy atom. The highest BCUT2D eigenvalue weighted by Gasteiger charge is 2.70. The second kappa shape index (κ2) is 12.0. The first-order valence-corrected chi connectivity index (χ1v) is 19.0. The number of alkyl halides is 2. The predicted molar refractivity (Wildman–Crippen MR) is 200 cm³/mol. The van der Waals surface area contributed by atoms with Crippen molar-refractivity contribution in [3.63, 3.8) is 0 Å². The van der Waals surface area contributed by atoms with E-state index in [9.17, 15) is 4.79 Å². The zero-order valence-corrected chi connectivity index (χ0v) is 31.3. The van der Waals surface area contributed by atoms with Crippen molar-refractivity contribution in [2.45, 2.75) is 101 Å². The van der Waals surface area contributed by atoms with E-state index in [1.807, 2.05) is 0 Å². The first kappa shape index (κ1) is 35.8. The quantitative estimate of drug-likeness (QED) is 0.0984. The molecule has 0 spiro atoms. The molecule has 2 aromatic carbocycles. The maximum absolute atomic E-state index is 17.9. The van der Waals surface area contributed by atoms with Gasteiger partial charge in [-0.15, -0.1) is 6.42 Å². The van der Waals surface area contributed by atoms with Gasteiger partial charge in [0.25, 0.3) is 0 Å². The van der Waals surface area contributed by atoms with Gasteiger partial charge in [-0.3, -0.25) is 4.90 Å². The number of hydrogen-bond acceptors (Lipinski definition) is 9. The van der Waals surface area contributed by atoms with Crippen molar-refractivity contribution in [1.82, 2.24) is 24.8 Å². The Morgan fingerprint density at radius 3 is 2.51 bits per heavy atom. The minimum atomic E-state index is -2.52. The number of benzene rings is 2. The molecular formula is C41H43F4N7O3. The van der Waals surface area contributed by atoms with Gasteiger partial charge in [-0.2, -0.15) is 9.97 Å². The largest absolute Gasteiger partial charge is 0.461 e. The number of aromatic nitrogens is 3. The maximum Gasteiger partial charge on any atom is 0.415 e. The number of carbonyl (C=O) groups excluding carboxylic acids is 1. The van der Waals surface area contributed by atoms with Crippen molar-refractivity contribution in [1.29, 1.82) is 0 Å². The molecule has 4 aromatic rings. The van der Waals surface area contributed by atoms with E-state index in [4.69, 9.17) is 31.6 Å². The number of fused-ring (bicyclic) bond motifs is 7. The van der Waals surface area contributed by atoms with E-state index in [2.05, 4.69) is 15.8 Å². The summed E-state index contributed by atoms with van der Waals surface area (Å²) >= 11 is 0. The number of amides is 1. The summed E-state index contributed by atoms with van der Waals surface area (Å²) in [6, 6.07) is 4.57. The third kappa shape index (κ3) is 5.32. The Bertz CT molecular complexity index is 2340. The smallest absolute Gasteiger partial charge is 0.415 e. The van der Waals surface area contributed by atoms with Gasteiger partial charge >= 0.3 is 12.1 Å². The van der Waals surface area contributed by atoms with Crippen LogP contribution in [0.15, 0.2) is 24.3 Å². The van der Waals surface area contributed by atoms with Crippen molar-refractivity contribution in [2.75, 3.05) is 36.9 Å². The van der Waals surface area contributed by atoms with Crippen LogP contribution in [0.2, 0.25) is 0 Å². The average Bonchev–Trinajstić information content (AvgIpc) is 3.73. The molecule has 2 bridgehead atoms. The summed E-state index contributed by atoms with van der Waals surface area (Å²) in [4.78, 5) is 32.5. The summed E-state index contributed by atoms with van der Waals surface area (Å²) in [5.74, 6) is -4.68. The SMILES string of the molecule is C#Cc1c(F)ccc2cc(N)cc(-c3nc4c5c(nc(OCC67CCCN6CCC7)nc5c3F)N3C[C@@]5(F)CC[C@@](F)([C@@H]3[C@@H](C)C4)N5C(=O)OC(C)(C)C)c12. The van der Waals surface area contributed by atoms with Gasteiger partial charge in [0.15, 0.2) is 5.82 Å². The molecule has 0 saturated carbocycles. The minimum absolute atomic E-state index is 0.0667. The lowest BCUT2D eigenvalue weighted by Gasteiger charge is -2.53. The highest BCUT2D eigenvalue weighted by Crippen LogP contribution is 2.56.